The van der Waals surface area contributed by atoms with Gasteiger partial charge in [-0.05, 0) is 41.8 Å². The first kappa shape index (κ1) is 15.1. The van der Waals surface area contributed by atoms with Crippen molar-refractivity contribution < 1.29 is 18.3 Å². The van der Waals surface area contributed by atoms with Crippen molar-refractivity contribution in [3.05, 3.63) is 69.2 Å². The van der Waals surface area contributed by atoms with Crippen LogP contribution in [-0.2, 0) is 6.18 Å². The van der Waals surface area contributed by atoms with Gasteiger partial charge < -0.3 is 5.11 Å². The first-order valence-electron chi connectivity index (χ1n) is 5.90. The highest BCUT2D eigenvalue weighted by molar-refractivity contribution is 9.10. The Hall–Kier alpha value is -1.33. The highest BCUT2D eigenvalue weighted by Crippen LogP contribution is 2.31. The minimum Gasteiger partial charge on any atom is -0.384 e. The lowest BCUT2D eigenvalue weighted by Gasteiger charge is -2.14. The lowest BCUT2D eigenvalue weighted by molar-refractivity contribution is -0.137. The fourth-order valence-electron chi connectivity index (χ4n) is 1.83. The van der Waals surface area contributed by atoms with Crippen LogP contribution in [0.3, 0.4) is 0 Å². The summed E-state index contributed by atoms with van der Waals surface area (Å²) in [7, 11) is 0. The van der Waals surface area contributed by atoms with Gasteiger partial charge in [0.05, 0.1) is 5.56 Å². The third kappa shape index (κ3) is 3.22. The summed E-state index contributed by atoms with van der Waals surface area (Å²) in [5.74, 6) is 0. The molecule has 0 aliphatic rings. The Labute approximate surface area is 123 Å². The van der Waals surface area contributed by atoms with Gasteiger partial charge in [-0.2, -0.15) is 13.2 Å². The second-order valence-corrected chi connectivity index (χ2v) is 5.39. The number of aliphatic hydroxyl groups is 1. The van der Waals surface area contributed by atoms with E-state index in [9.17, 15) is 18.3 Å². The molecule has 1 atom stereocenters. The van der Waals surface area contributed by atoms with Crippen molar-refractivity contribution in [1.29, 1.82) is 0 Å². The number of halogens is 4. The maximum atomic E-state index is 12.5. The van der Waals surface area contributed by atoms with E-state index in [0.29, 0.717) is 11.1 Å². The Morgan fingerprint density at radius 1 is 1.00 bits per heavy atom. The van der Waals surface area contributed by atoms with E-state index in [1.165, 1.54) is 12.1 Å². The zero-order chi connectivity index (χ0) is 14.9. The summed E-state index contributed by atoms with van der Waals surface area (Å²) in [6.07, 6.45) is -5.31. The summed E-state index contributed by atoms with van der Waals surface area (Å²) in [5, 5.41) is 10.2. The number of hydrogen-bond donors (Lipinski definition) is 1. The van der Waals surface area contributed by atoms with Crippen LogP contribution in [0.15, 0.2) is 46.9 Å². The number of hydrogen-bond acceptors (Lipinski definition) is 1. The molecule has 1 nitrogen and oxygen atoms in total. The number of benzene rings is 2. The van der Waals surface area contributed by atoms with Gasteiger partial charge in [-0.15, -0.1) is 0 Å². The summed E-state index contributed by atoms with van der Waals surface area (Å²) in [6, 6.07) is 9.89. The molecule has 2 aromatic carbocycles. The molecule has 106 valence electrons. The van der Waals surface area contributed by atoms with E-state index >= 15 is 0 Å². The predicted octanol–water partition coefficient (Wildman–Crippen LogP) is 4.86. The lowest BCUT2D eigenvalue weighted by atomic mass is 9.99. The van der Waals surface area contributed by atoms with Crippen LogP contribution in [0.2, 0.25) is 0 Å². The minimum atomic E-state index is -4.36. The van der Waals surface area contributed by atoms with Crippen LogP contribution >= 0.6 is 15.9 Å². The molecule has 0 radical (unpaired) electrons. The van der Waals surface area contributed by atoms with Crippen LogP contribution in [0, 0.1) is 6.92 Å². The molecule has 0 spiro atoms. The molecule has 1 N–H and O–H groups in total. The van der Waals surface area contributed by atoms with E-state index in [2.05, 4.69) is 15.9 Å². The van der Waals surface area contributed by atoms with Crippen LogP contribution in [0.25, 0.3) is 0 Å². The number of rotatable bonds is 2. The molecule has 20 heavy (non-hydrogen) atoms. The van der Waals surface area contributed by atoms with Gasteiger partial charge in [0.1, 0.15) is 6.10 Å². The largest absolute Gasteiger partial charge is 0.416 e. The van der Waals surface area contributed by atoms with Gasteiger partial charge >= 0.3 is 6.18 Å². The normalized spacial score (nSPS) is 13.3. The molecule has 0 amide bonds. The van der Waals surface area contributed by atoms with Crippen molar-refractivity contribution >= 4 is 15.9 Å². The van der Waals surface area contributed by atoms with Gasteiger partial charge in [0, 0.05) is 4.47 Å². The zero-order valence-electron chi connectivity index (χ0n) is 10.6. The van der Waals surface area contributed by atoms with E-state index in [1.54, 1.807) is 12.1 Å². The Kier molecular flexibility index (Phi) is 4.20. The summed E-state index contributed by atoms with van der Waals surface area (Å²) in [6.45, 7) is 1.92. The van der Waals surface area contributed by atoms with Gasteiger partial charge in [0.15, 0.2) is 0 Å². The minimum absolute atomic E-state index is 0.425. The summed E-state index contributed by atoms with van der Waals surface area (Å²) in [5.41, 5.74) is 1.35. The molecule has 1 unspecified atom stereocenters. The van der Waals surface area contributed by atoms with Crippen molar-refractivity contribution in [3.8, 4) is 0 Å². The molecule has 2 aromatic rings. The van der Waals surface area contributed by atoms with E-state index in [1.807, 2.05) is 13.0 Å². The van der Waals surface area contributed by atoms with Crippen molar-refractivity contribution in [2.75, 3.05) is 0 Å². The average Bonchev–Trinajstić information content (AvgIpc) is 2.40. The smallest absolute Gasteiger partial charge is 0.384 e. The third-order valence-electron chi connectivity index (χ3n) is 3.07. The van der Waals surface area contributed by atoms with E-state index < -0.39 is 17.8 Å². The quantitative estimate of drug-likeness (QED) is 0.824. The first-order chi connectivity index (χ1) is 9.29. The van der Waals surface area contributed by atoms with Crippen LogP contribution in [0.5, 0.6) is 0 Å². The molecule has 0 heterocycles. The fraction of sp³-hybridized carbons (Fsp3) is 0.200. The predicted molar refractivity (Wildman–Crippen MR) is 74.4 cm³/mol. The molecular formula is C15H12BrF3O. The van der Waals surface area contributed by atoms with Crippen LogP contribution in [-0.4, -0.2) is 5.11 Å². The molecular weight excluding hydrogens is 333 g/mol. The number of alkyl halides is 3. The lowest BCUT2D eigenvalue weighted by Crippen LogP contribution is -2.06. The maximum Gasteiger partial charge on any atom is 0.416 e. The molecule has 0 aromatic heterocycles. The van der Waals surface area contributed by atoms with Gasteiger partial charge in [-0.1, -0.05) is 40.2 Å². The molecule has 0 bridgehead atoms. The Bertz CT molecular complexity index is 606. The van der Waals surface area contributed by atoms with E-state index in [0.717, 1.165) is 22.2 Å². The highest BCUT2D eigenvalue weighted by atomic mass is 79.9. The third-order valence-corrected chi connectivity index (χ3v) is 3.92. The highest BCUT2D eigenvalue weighted by Gasteiger charge is 2.30. The molecule has 5 heteroatoms. The maximum absolute atomic E-state index is 12.5. The molecule has 0 fully saturated rings. The average molecular weight is 345 g/mol. The monoisotopic (exact) mass is 344 g/mol. The fourth-order valence-corrected chi connectivity index (χ4v) is 2.22. The molecule has 0 saturated heterocycles. The molecule has 0 aliphatic heterocycles. The van der Waals surface area contributed by atoms with Crippen LogP contribution in [0.1, 0.15) is 28.4 Å². The van der Waals surface area contributed by atoms with Gasteiger partial charge in [0.2, 0.25) is 0 Å². The second kappa shape index (κ2) is 5.58. The Morgan fingerprint density at radius 3 is 2.05 bits per heavy atom. The SMILES string of the molecule is Cc1ccc(C(O)c2ccc(C(F)(F)F)cc2)cc1Br. The van der Waals surface area contributed by atoms with Crippen molar-refractivity contribution in [3.63, 3.8) is 0 Å². The topological polar surface area (TPSA) is 20.2 Å². The number of aryl methyl sites for hydroxylation is 1. The Morgan fingerprint density at radius 2 is 1.55 bits per heavy atom. The van der Waals surface area contributed by atoms with Gasteiger partial charge in [0.25, 0.3) is 0 Å². The van der Waals surface area contributed by atoms with Gasteiger partial charge in [-0.3, -0.25) is 0 Å². The van der Waals surface area contributed by atoms with Gasteiger partial charge in [-0.25, -0.2) is 0 Å². The van der Waals surface area contributed by atoms with Crippen LogP contribution < -0.4 is 0 Å². The summed E-state index contributed by atoms with van der Waals surface area (Å²) >= 11 is 3.36. The standard InChI is InChI=1S/C15H12BrF3O/c1-9-2-3-11(8-13(9)16)14(20)10-4-6-12(7-5-10)15(17,18)19/h2-8,14,20H,1H3. The molecule has 0 saturated carbocycles. The Balaban J connectivity index is 2.29. The molecule has 0 aliphatic carbocycles. The van der Waals surface area contributed by atoms with Crippen molar-refractivity contribution in [2.45, 2.75) is 19.2 Å². The van der Waals surface area contributed by atoms with E-state index in [-0.39, 0.29) is 0 Å². The molecule has 2 rings (SSSR count). The van der Waals surface area contributed by atoms with E-state index in [4.69, 9.17) is 0 Å². The van der Waals surface area contributed by atoms with Crippen molar-refractivity contribution in [2.24, 2.45) is 0 Å². The van der Waals surface area contributed by atoms with Crippen LogP contribution in [0.4, 0.5) is 13.2 Å². The summed E-state index contributed by atoms with van der Waals surface area (Å²) < 4.78 is 38.3. The first-order valence-corrected chi connectivity index (χ1v) is 6.69. The zero-order valence-corrected chi connectivity index (χ0v) is 12.2. The second-order valence-electron chi connectivity index (χ2n) is 4.53. The van der Waals surface area contributed by atoms with Crippen molar-refractivity contribution in [1.82, 2.24) is 0 Å². The number of aliphatic hydroxyl groups excluding tert-OH is 1. The summed E-state index contributed by atoms with van der Waals surface area (Å²) in [4.78, 5) is 0.